The highest BCUT2D eigenvalue weighted by atomic mass is 19.2. The Bertz CT molecular complexity index is 999. The first-order valence-electron chi connectivity index (χ1n) is 8.81. The van der Waals surface area contributed by atoms with Gasteiger partial charge in [-0.1, -0.05) is 5.16 Å². The average molecular weight is 408 g/mol. The van der Waals surface area contributed by atoms with Crippen LogP contribution in [0.5, 0.6) is 0 Å². The number of nitrogens with one attached hydrogen (secondary N) is 1. The summed E-state index contributed by atoms with van der Waals surface area (Å²) in [6.07, 6.45) is 0.418. The molecule has 1 N–H and O–H groups in total. The van der Waals surface area contributed by atoms with Gasteiger partial charge in [0, 0.05) is 43.1 Å². The van der Waals surface area contributed by atoms with E-state index in [0.29, 0.717) is 23.4 Å². The number of urea groups is 1. The summed E-state index contributed by atoms with van der Waals surface area (Å²) in [7, 11) is 0. The van der Waals surface area contributed by atoms with E-state index in [4.69, 9.17) is 4.52 Å². The van der Waals surface area contributed by atoms with Crippen LogP contribution in [0, 0.1) is 17.5 Å². The van der Waals surface area contributed by atoms with E-state index in [-0.39, 0.29) is 43.4 Å². The van der Waals surface area contributed by atoms with Gasteiger partial charge in [0.1, 0.15) is 0 Å². The minimum Gasteiger partial charge on any atom is -0.337 e. The van der Waals surface area contributed by atoms with Crippen molar-refractivity contribution in [2.75, 3.05) is 10.2 Å². The smallest absolute Gasteiger partial charge is 0.322 e. The molecule has 29 heavy (non-hydrogen) atoms. The molecular weight excluding hydrogens is 393 g/mol. The second kappa shape index (κ2) is 6.90. The molecule has 0 unspecified atom stereocenters. The topological polar surface area (TPSA) is 95.8 Å². The van der Waals surface area contributed by atoms with Crippen molar-refractivity contribution in [1.29, 1.82) is 0 Å². The average Bonchev–Trinajstić information content (AvgIpc) is 3.20. The van der Waals surface area contributed by atoms with Crippen molar-refractivity contribution in [3.63, 3.8) is 0 Å². The third kappa shape index (κ3) is 3.22. The van der Waals surface area contributed by atoms with Gasteiger partial charge in [0.2, 0.25) is 17.7 Å². The van der Waals surface area contributed by atoms with E-state index >= 15 is 0 Å². The number of carbonyl (C=O) groups is 3. The Morgan fingerprint density at radius 1 is 1.17 bits per heavy atom. The highest BCUT2D eigenvalue weighted by Gasteiger charge is 2.39. The lowest BCUT2D eigenvalue weighted by atomic mass is 10.0. The number of nitrogens with zero attached hydrogens (tertiary/aromatic N) is 3. The zero-order valence-electron chi connectivity index (χ0n) is 15.2. The molecule has 1 fully saturated rings. The summed E-state index contributed by atoms with van der Waals surface area (Å²) in [5.74, 6) is -5.34. The molecule has 4 amide bonds. The van der Waals surface area contributed by atoms with Gasteiger partial charge in [-0.15, -0.1) is 0 Å². The number of hydrogen-bond acceptors (Lipinski definition) is 5. The number of carbonyl (C=O) groups excluding carboxylic acids is 3. The van der Waals surface area contributed by atoms with Crippen molar-refractivity contribution in [2.45, 2.75) is 38.8 Å². The van der Waals surface area contributed by atoms with Crippen molar-refractivity contribution >= 4 is 29.4 Å². The second-order valence-corrected chi connectivity index (χ2v) is 6.90. The minimum atomic E-state index is -1.63. The second-order valence-electron chi connectivity index (χ2n) is 6.90. The van der Waals surface area contributed by atoms with Gasteiger partial charge in [-0.3, -0.25) is 9.59 Å². The molecule has 0 bridgehead atoms. The Morgan fingerprint density at radius 3 is 2.41 bits per heavy atom. The lowest BCUT2D eigenvalue weighted by Crippen LogP contribution is -2.45. The maximum Gasteiger partial charge on any atom is 0.322 e. The molecule has 3 heterocycles. The van der Waals surface area contributed by atoms with Crippen LogP contribution in [-0.4, -0.2) is 33.9 Å². The fourth-order valence-corrected chi connectivity index (χ4v) is 3.44. The summed E-state index contributed by atoms with van der Waals surface area (Å²) < 4.78 is 45.1. The van der Waals surface area contributed by atoms with Gasteiger partial charge in [-0.2, -0.15) is 0 Å². The van der Waals surface area contributed by atoms with Crippen LogP contribution < -0.4 is 10.2 Å². The zero-order chi connectivity index (χ0) is 20.9. The van der Waals surface area contributed by atoms with E-state index in [1.165, 1.54) is 4.90 Å². The first-order chi connectivity index (χ1) is 13.8. The van der Waals surface area contributed by atoms with Crippen LogP contribution in [-0.2, 0) is 22.6 Å². The van der Waals surface area contributed by atoms with Crippen LogP contribution in [0.4, 0.5) is 29.5 Å². The van der Waals surface area contributed by atoms with Crippen molar-refractivity contribution in [2.24, 2.45) is 0 Å². The molecule has 2 aliphatic heterocycles. The third-order valence-corrected chi connectivity index (χ3v) is 4.95. The molecule has 11 heteroatoms. The van der Waals surface area contributed by atoms with Crippen LogP contribution in [0.2, 0.25) is 0 Å². The largest absolute Gasteiger partial charge is 0.337 e. The third-order valence-electron chi connectivity index (χ3n) is 4.95. The molecule has 0 saturated carbocycles. The summed E-state index contributed by atoms with van der Waals surface area (Å²) in [6, 6.07) is 0.284. The molecule has 1 aromatic carbocycles. The summed E-state index contributed by atoms with van der Waals surface area (Å²) in [5, 5.41) is 6.23. The van der Waals surface area contributed by atoms with Crippen LogP contribution >= 0.6 is 0 Å². The highest BCUT2D eigenvalue weighted by molar-refractivity contribution is 6.19. The van der Waals surface area contributed by atoms with Gasteiger partial charge < -0.3 is 14.7 Å². The number of halogens is 3. The first-order valence-corrected chi connectivity index (χ1v) is 8.81. The van der Waals surface area contributed by atoms with E-state index in [1.807, 2.05) is 0 Å². The van der Waals surface area contributed by atoms with Crippen LogP contribution in [0.3, 0.4) is 0 Å². The molecule has 1 saturated heterocycles. The van der Waals surface area contributed by atoms with E-state index in [1.54, 1.807) is 6.92 Å². The van der Waals surface area contributed by atoms with Gasteiger partial charge in [-0.25, -0.2) is 22.9 Å². The summed E-state index contributed by atoms with van der Waals surface area (Å²) in [5.41, 5.74) is 0.682. The van der Waals surface area contributed by atoms with Crippen LogP contribution in [0.25, 0.3) is 0 Å². The molecule has 1 aromatic heterocycles. The quantitative estimate of drug-likeness (QED) is 0.609. The maximum absolute atomic E-state index is 13.4. The van der Waals surface area contributed by atoms with Crippen molar-refractivity contribution in [1.82, 2.24) is 10.1 Å². The van der Waals surface area contributed by atoms with Crippen LogP contribution in [0.1, 0.15) is 31.0 Å². The number of benzene rings is 1. The summed E-state index contributed by atoms with van der Waals surface area (Å²) >= 11 is 0. The van der Waals surface area contributed by atoms with Gasteiger partial charge in [-0.05, 0) is 6.92 Å². The minimum absolute atomic E-state index is 0.0175. The van der Waals surface area contributed by atoms with Crippen molar-refractivity contribution < 1.29 is 32.1 Å². The van der Waals surface area contributed by atoms with Crippen LogP contribution in [0.15, 0.2) is 16.7 Å². The first kappa shape index (κ1) is 19.0. The lowest BCUT2D eigenvalue weighted by molar-refractivity contribution is -0.121. The molecule has 0 spiro atoms. The molecule has 8 nitrogen and oxygen atoms in total. The monoisotopic (exact) mass is 408 g/mol. The molecule has 0 radical (unpaired) electrons. The number of imide groups is 1. The molecule has 2 aromatic rings. The van der Waals surface area contributed by atoms with Gasteiger partial charge >= 0.3 is 6.03 Å². The number of aromatic nitrogens is 1. The Balaban J connectivity index is 1.58. The standard InChI is InChI=1S/C18H15F3N4O4/c1-8-4-13-10(17(29-23-13)25-14(26)2-3-15(25)27)7-24(8)18(28)22-9-5-11(19)16(21)12(20)6-9/h5-6,8H,2-4,7H2,1H3,(H,22,28)/t8-/m0/s1. The normalized spacial score (nSPS) is 19.0. The molecule has 152 valence electrons. The van der Waals surface area contributed by atoms with E-state index < -0.39 is 35.3 Å². The predicted octanol–water partition coefficient (Wildman–Crippen LogP) is 2.72. The fourth-order valence-electron chi connectivity index (χ4n) is 3.44. The maximum atomic E-state index is 13.4. The molecule has 0 aliphatic carbocycles. The SMILES string of the molecule is C[C@H]1Cc2noc(N3C(=O)CCC3=O)c2CN1C(=O)Nc1cc(F)c(F)c(F)c1. The van der Waals surface area contributed by atoms with Crippen molar-refractivity contribution in [3.8, 4) is 0 Å². The summed E-state index contributed by atoms with van der Waals surface area (Å²) in [6.45, 7) is 1.69. The van der Waals surface area contributed by atoms with E-state index in [9.17, 15) is 27.6 Å². The molecule has 1 atom stereocenters. The zero-order valence-corrected chi connectivity index (χ0v) is 15.2. The highest BCUT2D eigenvalue weighted by Crippen LogP contribution is 2.34. The van der Waals surface area contributed by atoms with Gasteiger partial charge in [0.15, 0.2) is 17.5 Å². The summed E-state index contributed by atoms with van der Waals surface area (Å²) in [4.78, 5) is 38.9. The number of amides is 4. The molecule has 2 aliphatic rings. The Labute approximate surface area is 162 Å². The van der Waals surface area contributed by atoms with Gasteiger partial charge in [0.25, 0.3) is 0 Å². The number of anilines is 2. The Hall–Kier alpha value is -3.37. The molecule has 4 rings (SSSR count). The van der Waals surface area contributed by atoms with E-state index in [0.717, 1.165) is 4.90 Å². The Morgan fingerprint density at radius 2 is 1.79 bits per heavy atom. The fraction of sp³-hybridized carbons (Fsp3) is 0.333. The number of hydrogen-bond donors (Lipinski definition) is 1. The lowest BCUT2D eigenvalue weighted by Gasteiger charge is -2.33. The Kier molecular flexibility index (Phi) is 4.52. The molecular formula is C18H15F3N4O4. The number of rotatable bonds is 2. The van der Waals surface area contributed by atoms with E-state index in [2.05, 4.69) is 10.5 Å². The number of fused-ring (bicyclic) bond motifs is 1. The van der Waals surface area contributed by atoms with Gasteiger partial charge in [0.05, 0.1) is 17.8 Å². The predicted molar refractivity (Wildman–Crippen MR) is 92.3 cm³/mol. The van der Waals surface area contributed by atoms with Crippen molar-refractivity contribution in [3.05, 3.63) is 40.8 Å².